The highest BCUT2D eigenvalue weighted by molar-refractivity contribution is 9.10. The zero-order chi connectivity index (χ0) is 8.27. The highest BCUT2D eigenvalue weighted by Crippen LogP contribution is 2.10. The first-order valence-corrected chi connectivity index (χ1v) is 3.78. The number of aromatic nitrogens is 1. The van der Waals surface area contributed by atoms with E-state index in [-0.39, 0.29) is 6.42 Å². The normalized spacial score (nSPS) is 9.64. The molecule has 0 radical (unpaired) electrons. The van der Waals surface area contributed by atoms with Crippen molar-refractivity contribution < 1.29 is 9.18 Å². The van der Waals surface area contributed by atoms with Crippen molar-refractivity contribution in [3.8, 4) is 0 Å². The Bertz CT molecular complexity index is 277. The maximum Gasteiger partial charge on any atom is 0.217 e. The number of carbonyl (C=O) groups is 1. The summed E-state index contributed by atoms with van der Waals surface area (Å²) in [5.41, 5.74) is 0.322. The molecule has 0 saturated heterocycles. The summed E-state index contributed by atoms with van der Waals surface area (Å²) in [7, 11) is 0. The van der Waals surface area contributed by atoms with Crippen molar-refractivity contribution in [2.45, 2.75) is 6.42 Å². The van der Waals surface area contributed by atoms with Gasteiger partial charge in [0, 0.05) is 12.0 Å². The molecule has 0 amide bonds. The molecule has 0 aromatic carbocycles. The van der Waals surface area contributed by atoms with Crippen molar-refractivity contribution in [2.24, 2.45) is 0 Å². The number of hydrogen-bond acceptors (Lipinski definition) is 2. The zero-order valence-electron chi connectivity index (χ0n) is 5.55. The first-order valence-electron chi connectivity index (χ1n) is 2.98. The molecule has 0 unspecified atom stereocenters. The van der Waals surface area contributed by atoms with Gasteiger partial charge in [0.15, 0.2) is 0 Å². The van der Waals surface area contributed by atoms with Gasteiger partial charge in [-0.05, 0) is 22.0 Å². The lowest BCUT2D eigenvalue weighted by Gasteiger charge is -1.96. The first kappa shape index (κ1) is 8.33. The average Bonchev–Trinajstić information content (AvgIpc) is 1.95. The van der Waals surface area contributed by atoms with Gasteiger partial charge < -0.3 is 4.79 Å². The highest BCUT2D eigenvalue weighted by atomic mass is 79.9. The number of carbonyl (C=O) groups excluding carboxylic acids is 1. The van der Waals surface area contributed by atoms with Gasteiger partial charge in [0.1, 0.15) is 10.9 Å². The molecule has 0 saturated carbocycles. The summed E-state index contributed by atoms with van der Waals surface area (Å²) in [5, 5.41) is 0. The van der Waals surface area contributed by atoms with E-state index in [9.17, 15) is 9.18 Å². The zero-order valence-corrected chi connectivity index (χ0v) is 7.14. The lowest BCUT2D eigenvalue weighted by Crippen LogP contribution is -1.94. The predicted molar refractivity (Wildman–Crippen MR) is 41.7 cm³/mol. The van der Waals surface area contributed by atoms with Gasteiger partial charge in [-0.3, -0.25) is 0 Å². The van der Waals surface area contributed by atoms with Crippen molar-refractivity contribution in [2.75, 3.05) is 0 Å². The Morgan fingerprint density at radius 2 is 2.36 bits per heavy atom. The SMILES string of the molecule is O=CCc1ccc(Br)nc1F. The maximum atomic E-state index is 12.7. The van der Waals surface area contributed by atoms with E-state index in [0.717, 1.165) is 0 Å². The minimum Gasteiger partial charge on any atom is -0.303 e. The molecule has 1 aromatic heterocycles. The van der Waals surface area contributed by atoms with Crippen LogP contribution in [0.1, 0.15) is 5.56 Å². The Morgan fingerprint density at radius 3 is 2.91 bits per heavy atom. The van der Waals surface area contributed by atoms with Crippen LogP contribution in [0.15, 0.2) is 16.7 Å². The molecule has 0 N–H and O–H groups in total. The Hall–Kier alpha value is -0.770. The molecule has 1 aromatic rings. The Morgan fingerprint density at radius 1 is 1.64 bits per heavy atom. The minimum atomic E-state index is -0.591. The summed E-state index contributed by atoms with van der Waals surface area (Å²) in [4.78, 5) is 13.5. The van der Waals surface area contributed by atoms with Crippen LogP contribution in [0.5, 0.6) is 0 Å². The van der Waals surface area contributed by atoms with E-state index in [1.165, 1.54) is 6.07 Å². The smallest absolute Gasteiger partial charge is 0.217 e. The van der Waals surface area contributed by atoms with Crippen LogP contribution < -0.4 is 0 Å². The Kier molecular flexibility index (Phi) is 2.70. The van der Waals surface area contributed by atoms with Gasteiger partial charge in [0.25, 0.3) is 0 Å². The van der Waals surface area contributed by atoms with Crippen molar-refractivity contribution in [3.63, 3.8) is 0 Å². The summed E-state index contributed by atoms with van der Waals surface area (Å²) in [6.45, 7) is 0. The van der Waals surface area contributed by atoms with E-state index in [2.05, 4.69) is 20.9 Å². The number of rotatable bonds is 2. The number of aldehydes is 1. The quantitative estimate of drug-likeness (QED) is 0.558. The molecule has 58 valence electrons. The summed E-state index contributed by atoms with van der Waals surface area (Å²) >= 11 is 3.01. The first-order chi connectivity index (χ1) is 5.24. The van der Waals surface area contributed by atoms with Gasteiger partial charge >= 0.3 is 0 Å². The lowest BCUT2D eigenvalue weighted by molar-refractivity contribution is -0.107. The van der Waals surface area contributed by atoms with Crippen molar-refractivity contribution in [3.05, 3.63) is 28.2 Å². The third-order valence-corrected chi connectivity index (χ3v) is 1.64. The molecule has 0 aliphatic heterocycles. The molecule has 11 heavy (non-hydrogen) atoms. The predicted octanol–water partition coefficient (Wildman–Crippen LogP) is 1.72. The van der Waals surface area contributed by atoms with Gasteiger partial charge in [0.05, 0.1) is 0 Å². The fourth-order valence-electron chi connectivity index (χ4n) is 0.683. The minimum absolute atomic E-state index is 0.0755. The molecule has 0 bridgehead atoms. The van der Waals surface area contributed by atoms with Gasteiger partial charge in [-0.1, -0.05) is 6.07 Å². The molecule has 2 nitrogen and oxygen atoms in total. The van der Waals surface area contributed by atoms with Crippen LogP contribution in [-0.4, -0.2) is 11.3 Å². The summed E-state index contributed by atoms with van der Waals surface area (Å²) in [6, 6.07) is 3.13. The van der Waals surface area contributed by atoms with E-state index in [1.54, 1.807) is 6.07 Å². The fraction of sp³-hybridized carbons (Fsp3) is 0.143. The van der Waals surface area contributed by atoms with Gasteiger partial charge in [-0.15, -0.1) is 0 Å². The van der Waals surface area contributed by atoms with E-state index < -0.39 is 5.95 Å². The van der Waals surface area contributed by atoms with Crippen LogP contribution >= 0.6 is 15.9 Å². The van der Waals surface area contributed by atoms with Crippen LogP contribution in [0.2, 0.25) is 0 Å². The molecule has 0 aliphatic rings. The maximum absolute atomic E-state index is 12.7. The lowest BCUT2D eigenvalue weighted by atomic mass is 10.2. The molecular weight excluding hydrogens is 213 g/mol. The second kappa shape index (κ2) is 3.57. The van der Waals surface area contributed by atoms with E-state index >= 15 is 0 Å². The summed E-state index contributed by atoms with van der Waals surface area (Å²) in [5.74, 6) is -0.591. The fourth-order valence-corrected chi connectivity index (χ4v) is 0.971. The van der Waals surface area contributed by atoms with Crippen LogP contribution in [0.25, 0.3) is 0 Å². The van der Waals surface area contributed by atoms with Crippen molar-refractivity contribution >= 4 is 22.2 Å². The van der Waals surface area contributed by atoms with Crippen LogP contribution in [-0.2, 0) is 11.2 Å². The number of hydrogen-bond donors (Lipinski definition) is 0. The molecule has 0 aliphatic carbocycles. The summed E-state index contributed by atoms with van der Waals surface area (Å²) < 4.78 is 13.2. The second-order valence-electron chi connectivity index (χ2n) is 1.95. The van der Waals surface area contributed by atoms with Crippen molar-refractivity contribution in [1.82, 2.24) is 4.98 Å². The Balaban J connectivity index is 2.98. The van der Waals surface area contributed by atoms with Crippen LogP contribution in [0, 0.1) is 5.95 Å². The van der Waals surface area contributed by atoms with E-state index in [4.69, 9.17) is 0 Å². The molecule has 1 rings (SSSR count). The molecule has 0 atom stereocenters. The van der Waals surface area contributed by atoms with E-state index in [0.29, 0.717) is 16.5 Å². The Labute approximate surface area is 71.6 Å². The largest absolute Gasteiger partial charge is 0.303 e. The topological polar surface area (TPSA) is 30.0 Å². The van der Waals surface area contributed by atoms with Gasteiger partial charge in [-0.2, -0.15) is 4.39 Å². The van der Waals surface area contributed by atoms with E-state index in [1.807, 2.05) is 0 Å². The highest BCUT2D eigenvalue weighted by Gasteiger charge is 2.02. The third-order valence-electron chi connectivity index (χ3n) is 1.20. The van der Waals surface area contributed by atoms with Gasteiger partial charge in [0.2, 0.25) is 5.95 Å². The number of pyridine rings is 1. The van der Waals surface area contributed by atoms with Crippen molar-refractivity contribution in [1.29, 1.82) is 0 Å². The third kappa shape index (κ3) is 2.08. The van der Waals surface area contributed by atoms with Crippen LogP contribution in [0.4, 0.5) is 4.39 Å². The van der Waals surface area contributed by atoms with Crippen LogP contribution in [0.3, 0.4) is 0 Å². The number of halogens is 2. The molecule has 0 spiro atoms. The monoisotopic (exact) mass is 217 g/mol. The average molecular weight is 218 g/mol. The molecule has 0 fully saturated rings. The second-order valence-corrected chi connectivity index (χ2v) is 2.77. The van der Waals surface area contributed by atoms with Gasteiger partial charge in [-0.25, -0.2) is 4.98 Å². The molecule has 1 heterocycles. The number of nitrogens with zero attached hydrogens (tertiary/aromatic N) is 1. The molecular formula is C7H5BrFNO. The molecule has 4 heteroatoms. The summed E-state index contributed by atoms with van der Waals surface area (Å²) in [6.07, 6.45) is 0.722. The standard InChI is InChI=1S/C7H5BrFNO/c8-6-2-1-5(3-4-11)7(9)10-6/h1-2,4H,3H2.